The minimum Gasteiger partial charge on any atom is -0.314 e. The molecule has 1 N–H and O–H groups in total. The molecule has 1 aliphatic rings. The summed E-state index contributed by atoms with van der Waals surface area (Å²) in [4.78, 5) is 0. The molecule has 0 spiro atoms. The first-order valence-corrected chi connectivity index (χ1v) is 5.31. The molecule has 1 aliphatic heterocycles. The van der Waals surface area contributed by atoms with Crippen LogP contribution in [0.1, 0.15) is 52.9 Å². The summed E-state index contributed by atoms with van der Waals surface area (Å²) >= 11 is 0. The molecule has 0 saturated carbocycles. The SMILES string of the molecule is CC(C)(C)CCC[C@@H]1CCCN1. The highest BCUT2D eigenvalue weighted by atomic mass is 14.9. The van der Waals surface area contributed by atoms with Gasteiger partial charge in [0.05, 0.1) is 0 Å². The third-order valence-electron chi connectivity index (χ3n) is 2.64. The van der Waals surface area contributed by atoms with Gasteiger partial charge in [-0.3, -0.25) is 0 Å². The highest BCUT2D eigenvalue weighted by Gasteiger charge is 2.15. The van der Waals surface area contributed by atoms with Crippen LogP contribution in [0.4, 0.5) is 0 Å². The van der Waals surface area contributed by atoms with E-state index in [2.05, 4.69) is 26.1 Å². The molecule has 0 unspecified atom stereocenters. The van der Waals surface area contributed by atoms with E-state index in [-0.39, 0.29) is 0 Å². The van der Waals surface area contributed by atoms with Gasteiger partial charge in [0.15, 0.2) is 0 Å². The molecule has 0 aromatic heterocycles. The summed E-state index contributed by atoms with van der Waals surface area (Å²) < 4.78 is 0. The Morgan fingerprint density at radius 1 is 1.33 bits per heavy atom. The molecular weight excluding hydrogens is 146 g/mol. The predicted molar refractivity (Wildman–Crippen MR) is 54.3 cm³/mol. The average molecular weight is 169 g/mol. The van der Waals surface area contributed by atoms with Crippen LogP contribution in [-0.4, -0.2) is 12.6 Å². The van der Waals surface area contributed by atoms with Gasteiger partial charge in [0, 0.05) is 6.04 Å². The Kier molecular flexibility index (Phi) is 3.57. The van der Waals surface area contributed by atoms with Crippen molar-refractivity contribution in [3.8, 4) is 0 Å². The largest absolute Gasteiger partial charge is 0.314 e. The Balaban J connectivity index is 2.02. The van der Waals surface area contributed by atoms with Crippen LogP contribution in [0.15, 0.2) is 0 Å². The third kappa shape index (κ3) is 4.10. The van der Waals surface area contributed by atoms with E-state index in [9.17, 15) is 0 Å². The van der Waals surface area contributed by atoms with Crippen LogP contribution in [0.5, 0.6) is 0 Å². The van der Waals surface area contributed by atoms with Gasteiger partial charge in [0.2, 0.25) is 0 Å². The van der Waals surface area contributed by atoms with E-state index in [1.807, 2.05) is 0 Å². The minimum atomic E-state index is 0.526. The van der Waals surface area contributed by atoms with E-state index in [0.29, 0.717) is 5.41 Å². The van der Waals surface area contributed by atoms with E-state index < -0.39 is 0 Å². The quantitative estimate of drug-likeness (QED) is 0.685. The molecule has 0 aromatic rings. The lowest BCUT2D eigenvalue weighted by atomic mass is 9.89. The standard InChI is InChI=1S/C11H23N/c1-11(2,3)8-4-6-10-7-5-9-12-10/h10,12H,4-9H2,1-3H3/t10-/m1/s1. The monoisotopic (exact) mass is 169 g/mol. The summed E-state index contributed by atoms with van der Waals surface area (Å²) in [6.45, 7) is 8.24. The third-order valence-corrected chi connectivity index (χ3v) is 2.64. The lowest BCUT2D eigenvalue weighted by Gasteiger charge is -2.19. The minimum absolute atomic E-state index is 0.526. The van der Waals surface area contributed by atoms with Gasteiger partial charge >= 0.3 is 0 Å². The average Bonchev–Trinajstić information content (AvgIpc) is 2.36. The van der Waals surface area contributed by atoms with Crippen LogP contribution in [-0.2, 0) is 0 Å². The zero-order chi connectivity index (χ0) is 9.03. The molecule has 1 fully saturated rings. The van der Waals surface area contributed by atoms with Crippen molar-refractivity contribution in [3.05, 3.63) is 0 Å². The Hall–Kier alpha value is -0.0400. The molecule has 0 aromatic carbocycles. The van der Waals surface area contributed by atoms with Gasteiger partial charge in [-0.2, -0.15) is 0 Å². The zero-order valence-corrected chi connectivity index (χ0v) is 8.82. The summed E-state index contributed by atoms with van der Waals surface area (Å²) in [5.41, 5.74) is 0.526. The number of hydrogen-bond acceptors (Lipinski definition) is 1. The van der Waals surface area contributed by atoms with Gasteiger partial charge in [0.25, 0.3) is 0 Å². The van der Waals surface area contributed by atoms with Crippen LogP contribution in [0, 0.1) is 5.41 Å². The van der Waals surface area contributed by atoms with Gasteiger partial charge in [0.1, 0.15) is 0 Å². The fourth-order valence-electron chi connectivity index (χ4n) is 1.88. The highest BCUT2D eigenvalue weighted by molar-refractivity contribution is 4.74. The Morgan fingerprint density at radius 2 is 2.08 bits per heavy atom. The second-order valence-electron chi connectivity index (χ2n) is 5.25. The molecule has 1 heterocycles. The zero-order valence-electron chi connectivity index (χ0n) is 8.82. The summed E-state index contributed by atoms with van der Waals surface area (Å²) in [7, 11) is 0. The molecule has 0 amide bonds. The first-order chi connectivity index (χ1) is 5.58. The fourth-order valence-corrected chi connectivity index (χ4v) is 1.88. The van der Waals surface area contributed by atoms with Crippen molar-refractivity contribution < 1.29 is 0 Å². The van der Waals surface area contributed by atoms with Crippen molar-refractivity contribution >= 4 is 0 Å². The van der Waals surface area contributed by atoms with Gasteiger partial charge in [-0.15, -0.1) is 0 Å². The number of nitrogens with one attached hydrogen (secondary N) is 1. The van der Waals surface area contributed by atoms with Crippen molar-refractivity contribution in [2.75, 3.05) is 6.54 Å². The number of rotatable bonds is 3. The lowest BCUT2D eigenvalue weighted by Crippen LogP contribution is -2.21. The van der Waals surface area contributed by atoms with Crippen molar-refractivity contribution in [2.45, 2.75) is 58.9 Å². The lowest BCUT2D eigenvalue weighted by molar-refractivity contribution is 0.348. The molecule has 72 valence electrons. The van der Waals surface area contributed by atoms with Gasteiger partial charge in [-0.1, -0.05) is 27.2 Å². The Labute approximate surface area is 76.9 Å². The van der Waals surface area contributed by atoms with E-state index in [4.69, 9.17) is 0 Å². The van der Waals surface area contributed by atoms with Crippen molar-refractivity contribution in [2.24, 2.45) is 5.41 Å². The Morgan fingerprint density at radius 3 is 2.58 bits per heavy atom. The molecule has 0 radical (unpaired) electrons. The first-order valence-electron chi connectivity index (χ1n) is 5.31. The maximum Gasteiger partial charge on any atom is 0.00675 e. The summed E-state index contributed by atoms with van der Waals surface area (Å²) in [6.07, 6.45) is 6.94. The molecule has 0 aliphatic carbocycles. The van der Waals surface area contributed by atoms with Crippen molar-refractivity contribution in [1.29, 1.82) is 0 Å². The first kappa shape index (κ1) is 10.0. The van der Waals surface area contributed by atoms with E-state index in [1.54, 1.807) is 0 Å². The molecule has 1 atom stereocenters. The smallest absolute Gasteiger partial charge is 0.00675 e. The normalized spacial score (nSPS) is 24.8. The van der Waals surface area contributed by atoms with Gasteiger partial charge < -0.3 is 5.32 Å². The van der Waals surface area contributed by atoms with Crippen LogP contribution in [0.2, 0.25) is 0 Å². The molecule has 1 saturated heterocycles. The summed E-state index contributed by atoms with van der Waals surface area (Å²) in [5, 5.41) is 3.54. The second-order valence-corrected chi connectivity index (χ2v) is 5.25. The number of hydrogen-bond donors (Lipinski definition) is 1. The fraction of sp³-hybridized carbons (Fsp3) is 1.00. The van der Waals surface area contributed by atoms with Gasteiger partial charge in [-0.25, -0.2) is 0 Å². The Bertz CT molecular complexity index is 117. The topological polar surface area (TPSA) is 12.0 Å². The van der Waals surface area contributed by atoms with Crippen LogP contribution in [0.3, 0.4) is 0 Å². The van der Waals surface area contributed by atoms with E-state index >= 15 is 0 Å². The van der Waals surface area contributed by atoms with Crippen molar-refractivity contribution in [3.63, 3.8) is 0 Å². The molecule has 1 nitrogen and oxygen atoms in total. The molecule has 0 bridgehead atoms. The predicted octanol–water partition coefficient (Wildman–Crippen LogP) is 2.95. The maximum absolute atomic E-state index is 3.54. The maximum atomic E-state index is 3.54. The van der Waals surface area contributed by atoms with Crippen molar-refractivity contribution in [1.82, 2.24) is 5.32 Å². The summed E-state index contributed by atoms with van der Waals surface area (Å²) in [6, 6.07) is 0.840. The van der Waals surface area contributed by atoms with E-state index in [0.717, 1.165) is 6.04 Å². The van der Waals surface area contributed by atoms with Gasteiger partial charge in [-0.05, 0) is 37.6 Å². The van der Waals surface area contributed by atoms with Crippen LogP contribution in [0.25, 0.3) is 0 Å². The summed E-state index contributed by atoms with van der Waals surface area (Å²) in [5.74, 6) is 0. The van der Waals surface area contributed by atoms with Crippen LogP contribution < -0.4 is 5.32 Å². The second kappa shape index (κ2) is 4.27. The van der Waals surface area contributed by atoms with Crippen LogP contribution >= 0.6 is 0 Å². The van der Waals surface area contributed by atoms with E-state index in [1.165, 1.54) is 38.6 Å². The molecular formula is C11H23N. The molecule has 12 heavy (non-hydrogen) atoms. The molecule has 1 heteroatoms. The molecule has 1 rings (SSSR count). The highest BCUT2D eigenvalue weighted by Crippen LogP contribution is 2.23.